The van der Waals surface area contributed by atoms with Gasteiger partial charge in [-0.1, -0.05) is 28.1 Å². The number of benzene rings is 2. The largest absolute Gasteiger partial charge is 0.488 e. The highest BCUT2D eigenvalue weighted by atomic mass is 79.9. The van der Waals surface area contributed by atoms with E-state index in [9.17, 15) is 4.79 Å². The van der Waals surface area contributed by atoms with Gasteiger partial charge in [0.25, 0.3) is 0 Å². The zero-order valence-corrected chi connectivity index (χ0v) is 14.1. The summed E-state index contributed by atoms with van der Waals surface area (Å²) < 4.78 is 6.55. The molecule has 1 heterocycles. The molecule has 0 amide bonds. The molecule has 0 fully saturated rings. The molecule has 1 aliphatic heterocycles. The average Bonchev–Trinajstić information content (AvgIpc) is 2.51. The molecule has 0 aromatic heterocycles. The van der Waals surface area contributed by atoms with Crippen LogP contribution < -0.4 is 9.64 Å². The fraction of sp³-hybridized carbons (Fsp3) is 0.167. The van der Waals surface area contributed by atoms with E-state index in [-0.39, 0.29) is 5.78 Å². The highest BCUT2D eigenvalue weighted by Crippen LogP contribution is 2.30. The number of carbonyl (C=O) groups excluding carboxylic acids is 1. The highest BCUT2D eigenvalue weighted by molar-refractivity contribution is 9.10. The Morgan fingerprint density at radius 3 is 2.55 bits per heavy atom. The normalized spacial score (nSPS) is 15.4. The Morgan fingerprint density at radius 2 is 1.86 bits per heavy atom. The number of carbonyl (C=O) groups is 1. The van der Waals surface area contributed by atoms with E-state index < -0.39 is 0 Å². The van der Waals surface area contributed by atoms with Crippen LogP contribution in [0.5, 0.6) is 5.75 Å². The maximum Gasteiger partial charge on any atom is 0.196 e. The molecule has 112 valence electrons. The molecule has 0 aliphatic carbocycles. The van der Waals surface area contributed by atoms with E-state index in [1.54, 1.807) is 6.07 Å². The maximum atomic E-state index is 12.6. The summed E-state index contributed by atoms with van der Waals surface area (Å²) in [5.74, 6) is 0.674. The van der Waals surface area contributed by atoms with Crippen molar-refractivity contribution in [1.82, 2.24) is 0 Å². The summed E-state index contributed by atoms with van der Waals surface area (Å²) in [5, 5.41) is 0. The van der Waals surface area contributed by atoms with Gasteiger partial charge in [-0.05, 0) is 42.0 Å². The standard InChI is InChI=1S/C18H16BrNO2/c1-20(2)15-6-3-12(4-7-15)9-13-11-22-17-8-5-14(19)10-16(17)18(13)21/h3-10H,11H2,1-2H3/b13-9+. The van der Waals surface area contributed by atoms with E-state index in [2.05, 4.69) is 15.9 Å². The molecule has 0 radical (unpaired) electrons. The zero-order chi connectivity index (χ0) is 15.7. The molecule has 0 saturated heterocycles. The Bertz CT molecular complexity index is 748. The number of ketones is 1. The van der Waals surface area contributed by atoms with Crippen molar-refractivity contribution in [2.75, 3.05) is 25.6 Å². The Balaban J connectivity index is 1.91. The molecule has 1 aliphatic rings. The fourth-order valence-corrected chi connectivity index (χ4v) is 2.74. The lowest BCUT2D eigenvalue weighted by Gasteiger charge is -2.19. The second kappa shape index (κ2) is 5.97. The number of rotatable bonds is 2. The monoisotopic (exact) mass is 357 g/mol. The number of ether oxygens (including phenoxy) is 1. The third-order valence-electron chi connectivity index (χ3n) is 3.61. The molecule has 4 heteroatoms. The van der Waals surface area contributed by atoms with Crippen LogP contribution in [0, 0.1) is 0 Å². The molecule has 2 aromatic rings. The van der Waals surface area contributed by atoms with E-state index in [0.717, 1.165) is 15.7 Å². The SMILES string of the molecule is CN(C)c1ccc(/C=C2\COc3ccc(Br)cc3C2=O)cc1. The topological polar surface area (TPSA) is 29.5 Å². The van der Waals surface area contributed by atoms with Crippen molar-refractivity contribution in [3.05, 3.63) is 63.6 Å². The number of Topliss-reactive ketones (excluding diaryl/α,β-unsaturated/α-hetero) is 1. The Morgan fingerprint density at radius 1 is 1.14 bits per heavy atom. The van der Waals surface area contributed by atoms with Crippen molar-refractivity contribution in [2.24, 2.45) is 0 Å². The van der Waals surface area contributed by atoms with E-state index in [4.69, 9.17) is 4.74 Å². The molecule has 0 spiro atoms. The number of halogens is 1. The molecule has 0 N–H and O–H groups in total. The van der Waals surface area contributed by atoms with E-state index >= 15 is 0 Å². The van der Waals surface area contributed by atoms with Gasteiger partial charge in [-0.25, -0.2) is 0 Å². The zero-order valence-electron chi connectivity index (χ0n) is 12.5. The molecular formula is C18H16BrNO2. The second-order valence-corrected chi connectivity index (χ2v) is 6.33. The summed E-state index contributed by atoms with van der Waals surface area (Å²) in [4.78, 5) is 14.6. The van der Waals surface area contributed by atoms with Crippen LogP contribution >= 0.6 is 15.9 Å². The first-order chi connectivity index (χ1) is 10.5. The van der Waals surface area contributed by atoms with Crippen LogP contribution in [-0.2, 0) is 0 Å². The van der Waals surface area contributed by atoms with E-state index in [1.165, 1.54) is 0 Å². The van der Waals surface area contributed by atoms with Gasteiger partial charge in [0.15, 0.2) is 5.78 Å². The lowest BCUT2D eigenvalue weighted by molar-refractivity contribution is 0.100. The minimum absolute atomic E-state index is 0.0271. The highest BCUT2D eigenvalue weighted by Gasteiger charge is 2.23. The van der Waals surface area contributed by atoms with Gasteiger partial charge in [0, 0.05) is 29.8 Å². The molecule has 0 atom stereocenters. The molecule has 0 unspecified atom stereocenters. The summed E-state index contributed by atoms with van der Waals surface area (Å²) >= 11 is 3.39. The summed E-state index contributed by atoms with van der Waals surface area (Å²) in [6.45, 7) is 0.308. The third kappa shape index (κ3) is 2.92. The van der Waals surface area contributed by atoms with Crippen LogP contribution in [0.4, 0.5) is 5.69 Å². The van der Waals surface area contributed by atoms with Crippen molar-refractivity contribution >= 4 is 33.5 Å². The summed E-state index contributed by atoms with van der Waals surface area (Å²) in [7, 11) is 4.00. The molecule has 3 rings (SSSR count). The van der Waals surface area contributed by atoms with E-state index in [0.29, 0.717) is 23.5 Å². The van der Waals surface area contributed by atoms with E-state index in [1.807, 2.05) is 61.5 Å². The minimum atomic E-state index is 0.0271. The Labute approximate surface area is 138 Å². The predicted octanol–water partition coefficient (Wildman–Crippen LogP) is 4.17. The maximum absolute atomic E-state index is 12.6. The first kappa shape index (κ1) is 14.9. The lowest BCUT2D eigenvalue weighted by atomic mass is 9.98. The lowest BCUT2D eigenvalue weighted by Crippen LogP contribution is -2.19. The van der Waals surface area contributed by atoms with Crippen molar-refractivity contribution in [2.45, 2.75) is 0 Å². The second-order valence-electron chi connectivity index (χ2n) is 5.41. The molecule has 3 nitrogen and oxygen atoms in total. The van der Waals surface area contributed by atoms with Crippen LogP contribution in [0.25, 0.3) is 6.08 Å². The van der Waals surface area contributed by atoms with Crippen molar-refractivity contribution in [3.63, 3.8) is 0 Å². The molecule has 0 saturated carbocycles. The number of fused-ring (bicyclic) bond motifs is 1. The smallest absolute Gasteiger partial charge is 0.196 e. The number of hydrogen-bond donors (Lipinski definition) is 0. The van der Waals surface area contributed by atoms with Gasteiger partial charge in [0.2, 0.25) is 0 Å². The van der Waals surface area contributed by atoms with Crippen molar-refractivity contribution in [1.29, 1.82) is 0 Å². The van der Waals surface area contributed by atoms with Crippen LogP contribution in [0.3, 0.4) is 0 Å². The Hall–Kier alpha value is -2.07. The van der Waals surface area contributed by atoms with Gasteiger partial charge in [0.05, 0.1) is 5.56 Å². The summed E-state index contributed by atoms with van der Waals surface area (Å²) in [6, 6.07) is 13.6. The van der Waals surface area contributed by atoms with Crippen molar-refractivity contribution in [3.8, 4) is 5.75 Å². The molecule has 22 heavy (non-hydrogen) atoms. The van der Waals surface area contributed by atoms with Crippen LogP contribution in [0.2, 0.25) is 0 Å². The summed E-state index contributed by atoms with van der Waals surface area (Å²) in [5.41, 5.74) is 3.40. The third-order valence-corrected chi connectivity index (χ3v) is 4.10. The van der Waals surface area contributed by atoms with Crippen LogP contribution in [-0.4, -0.2) is 26.5 Å². The number of hydrogen-bond acceptors (Lipinski definition) is 3. The first-order valence-corrected chi connectivity index (χ1v) is 7.79. The minimum Gasteiger partial charge on any atom is -0.488 e. The molecular weight excluding hydrogens is 342 g/mol. The molecule has 2 aromatic carbocycles. The first-order valence-electron chi connectivity index (χ1n) is 6.99. The molecule has 0 bridgehead atoms. The van der Waals surface area contributed by atoms with Gasteiger partial charge in [-0.3, -0.25) is 4.79 Å². The Kier molecular flexibility index (Phi) is 4.03. The quantitative estimate of drug-likeness (QED) is 0.755. The number of anilines is 1. The number of nitrogens with zero attached hydrogens (tertiary/aromatic N) is 1. The van der Waals surface area contributed by atoms with Crippen molar-refractivity contribution < 1.29 is 9.53 Å². The predicted molar refractivity (Wildman–Crippen MR) is 92.7 cm³/mol. The van der Waals surface area contributed by atoms with Gasteiger partial charge < -0.3 is 9.64 Å². The van der Waals surface area contributed by atoms with Gasteiger partial charge in [-0.15, -0.1) is 0 Å². The van der Waals surface area contributed by atoms with Crippen LogP contribution in [0.15, 0.2) is 52.5 Å². The van der Waals surface area contributed by atoms with Gasteiger partial charge >= 0.3 is 0 Å². The van der Waals surface area contributed by atoms with Gasteiger partial charge in [-0.2, -0.15) is 0 Å². The summed E-state index contributed by atoms with van der Waals surface area (Å²) in [6.07, 6.45) is 1.89. The van der Waals surface area contributed by atoms with Crippen LogP contribution in [0.1, 0.15) is 15.9 Å². The fourth-order valence-electron chi connectivity index (χ4n) is 2.38. The average molecular weight is 358 g/mol. The van der Waals surface area contributed by atoms with Gasteiger partial charge in [0.1, 0.15) is 12.4 Å².